The van der Waals surface area contributed by atoms with Gasteiger partial charge in [-0.15, -0.1) is 0 Å². The standard InChI is InChI=1S/C14H17NO3/c1-2-12-13-15(14(16)18-12)11(9-17-13)8-10-6-4-3-5-7-10/h3-7,11-13H,2,8-9H2,1H3/t11-,12-,13-/m0/s1. The number of amides is 1. The molecule has 2 saturated heterocycles. The molecule has 0 aromatic heterocycles. The summed E-state index contributed by atoms with van der Waals surface area (Å²) in [5.74, 6) is 0. The van der Waals surface area contributed by atoms with Crippen LogP contribution in [-0.4, -0.2) is 36.0 Å². The molecule has 3 rings (SSSR count). The second-order valence-electron chi connectivity index (χ2n) is 4.81. The summed E-state index contributed by atoms with van der Waals surface area (Å²) in [6.07, 6.45) is 1.09. The van der Waals surface area contributed by atoms with Crippen molar-refractivity contribution in [2.75, 3.05) is 6.61 Å². The Morgan fingerprint density at radius 1 is 1.33 bits per heavy atom. The van der Waals surface area contributed by atoms with Gasteiger partial charge in [0.15, 0.2) is 6.23 Å². The fourth-order valence-corrected chi connectivity index (χ4v) is 2.69. The Kier molecular flexibility index (Phi) is 2.96. The van der Waals surface area contributed by atoms with E-state index >= 15 is 0 Å². The number of hydrogen-bond acceptors (Lipinski definition) is 3. The van der Waals surface area contributed by atoms with E-state index in [1.54, 1.807) is 4.90 Å². The molecule has 2 aliphatic rings. The van der Waals surface area contributed by atoms with Crippen molar-refractivity contribution >= 4 is 6.09 Å². The Balaban J connectivity index is 1.74. The Bertz CT molecular complexity index is 434. The van der Waals surface area contributed by atoms with Gasteiger partial charge in [-0.1, -0.05) is 37.3 Å². The van der Waals surface area contributed by atoms with Crippen molar-refractivity contribution in [1.29, 1.82) is 0 Å². The third-order valence-electron chi connectivity index (χ3n) is 3.62. The summed E-state index contributed by atoms with van der Waals surface area (Å²) in [5.41, 5.74) is 1.22. The maximum absolute atomic E-state index is 11.8. The van der Waals surface area contributed by atoms with E-state index in [-0.39, 0.29) is 24.5 Å². The molecular formula is C14H17NO3. The molecule has 2 heterocycles. The molecule has 1 amide bonds. The molecule has 0 aliphatic carbocycles. The van der Waals surface area contributed by atoms with Crippen molar-refractivity contribution in [2.24, 2.45) is 0 Å². The second-order valence-corrected chi connectivity index (χ2v) is 4.81. The molecule has 2 aliphatic heterocycles. The number of fused-ring (bicyclic) bond motifs is 1. The zero-order chi connectivity index (χ0) is 12.5. The van der Waals surface area contributed by atoms with Gasteiger partial charge in [-0.3, -0.25) is 4.90 Å². The average Bonchev–Trinajstić information content (AvgIpc) is 2.93. The Hall–Kier alpha value is -1.55. The van der Waals surface area contributed by atoms with Crippen LogP contribution in [0.5, 0.6) is 0 Å². The lowest BCUT2D eigenvalue weighted by atomic mass is 10.1. The SMILES string of the molecule is CC[C@@H]1OC(=O)N2[C@@H](Cc3ccccc3)CO[C@@H]12. The van der Waals surface area contributed by atoms with Gasteiger partial charge in [0.05, 0.1) is 12.6 Å². The molecule has 3 atom stereocenters. The molecule has 4 nitrogen and oxygen atoms in total. The molecule has 0 bridgehead atoms. The normalized spacial score (nSPS) is 30.4. The number of carbonyl (C=O) groups is 1. The predicted octanol–water partition coefficient (Wildman–Crippen LogP) is 2.18. The van der Waals surface area contributed by atoms with Gasteiger partial charge < -0.3 is 9.47 Å². The summed E-state index contributed by atoms with van der Waals surface area (Å²) in [6.45, 7) is 2.61. The Morgan fingerprint density at radius 3 is 2.83 bits per heavy atom. The van der Waals surface area contributed by atoms with Gasteiger partial charge in [0.1, 0.15) is 6.10 Å². The van der Waals surface area contributed by atoms with Crippen LogP contribution in [0.1, 0.15) is 18.9 Å². The molecule has 0 saturated carbocycles. The van der Waals surface area contributed by atoms with Gasteiger partial charge in [0.25, 0.3) is 0 Å². The fourth-order valence-electron chi connectivity index (χ4n) is 2.69. The van der Waals surface area contributed by atoms with Crippen LogP contribution in [0.15, 0.2) is 30.3 Å². The number of cyclic esters (lactones) is 1. The highest BCUT2D eigenvalue weighted by molar-refractivity contribution is 5.71. The molecule has 0 radical (unpaired) electrons. The molecular weight excluding hydrogens is 230 g/mol. The highest BCUT2D eigenvalue weighted by Gasteiger charge is 2.49. The smallest absolute Gasteiger partial charge is 0.412 e. The average molecular weight is 247 g/mol. The lowest BCUT2D eigenvalue weighted by Gasteiger charge is -2.19. The van der Waals surface area contributed by atoms with E-state index in [1.807, 2.05) is 25.1 Å². The van der Waals surface area contributed by atoms with Gasteiger partial charge >= 0.3 is 6.09 Å². The summed E-state index contributed by atoms with van der Waals surface area (Å²) < 4.78 is 11.0. The fraction of sp³-hybridized carbons (Fsp3) is 0.500. The largest absolute Gasteiger partial charge is 0.441 e. The van der Waals surface area contributed by atoms with E-state index in [0.717, 1.165) is 12.8 Å². The van der Waals surface area contributed by atoms with Gasteiger partial charge in [0.2, 0.25) is 0 Å². The topological polar surface area (TPSA) is 38.8 Å². The molecule has 0 N–H and O–H groups in total. The first-order valence-corrected chi connectivity index (χ1v) is 6.44. The van der Waals surface area contributed by atoms with E-state index in [4.69, 9.17) is 9.47 Å². The van der Waals surface area contributed by atoms with Crippen molar-refractivity contribution in [3.05, 3.63) is 35.9 Å². The monoisotopic (exact) mass is 247 g/mol. The highest BCUT2D eigenvalue weighted by atomic mass is 16.6. The molecule has 0 spiro atoms. The summed E-state index contributed by atoms with van der Waals surface area (Å²) in [5, 5.41) is 0. The van der Waals surface area contributed by atoms with Gasteiger partial charge in [0, 0.05) is 0 Å². The molecule has 0 unspecified atom stereocenters. The van der Waals surface area contributed by atoms with Crippen molar-refractivity contribution in [3.8, 4) is 0 Å². The van der Waals surface area contributed by atoms with Crippen LogP contribution in [0.25, 0.3) is 0 Å². The molecule has 96 valence electrons. The van der Waals surface area contributed by atoms with Crippen LogP contribution in [0.4, 0.5) is 4.79 Å². The first kappa shape index (κ1) is 11.5. The third kappa shape index (κ3) is 1.86. The summed E-state index contributed by atoms with van der Waals surface area (Å²) in [6, 6.07) is 10.3. The van der Waals surface area contributed by atoms with Gasteiger partial charge in [-0.25, -0.2) is 4.79 Å². The van der Waals surface area contributed by atoms with Gasteiger partial charge in [-0.2, -0.15) is 0 Å². The summed E-state index contributed by atoms with van der Waals surface area (Å²) in [4.78, 5) is 13.6. The highest BCUT2D eigenvalue weighted by Crippen LogP contribution is 2.31. The minimum absolute atomic E-state index is 0.0986. The number of nitrogens with zero attached hydrogens (tertiary/aromatic N) is 1. The summed E-state index contributed by atoms with van der Waals surface area (Å²) >= 11 is 0. The van der Waals surface area contributed by atoms with Crippen molar-refractivity contribution < 1.29 is 14.3 Å². The zero-order valence-corrected chi connectivity index (χ0v) is 10.4. The van der Waals surface area contributed by atoms with Crippen LogP contribution in [0.2, 0.25) is 0 Å². The van der Waals surface area contributed by atoms with E-state index in [1.165, 1.54) is 5.56 Å². The molecule has 1 aromatic carbocycles. The molecule has 4 heteroatoms. The number of carbonyl (C=O) groups excluding carboxylic acids is 1. The van der Waals surface area contributed by atoms with Crippen LogP contribution in [-0.2, 0) is 15.9 Å². The Labute approximate surface area is 106 Å². The number of rotatable bonds is 3. The van der Waals surface area contributed by atoms with Gasteiger partial charge in [-0.05, 0) is 18.4 Å². The molecule has 1 aromatic rings. The van der Waals surface area contributed by atoms with Crippen LogP contribution in [0.3, 0.4) is 0 Å². The number of benzene rings is 1. The van der Waals surface area contributed by atoms with Crippen molar-refractivity contribution in [3.63, 3.8) is 0 Å². The van der Waals surface area contributed by atoms with E-state index < -0.39 is 0 Å². The zero-order valence-electron chi connectivity index (χ0n) is 10.4. The maximum Gasteiger partial charge on any atom is 0.412 e. The lowest BCUT2D eigenvalue weighted by Crippen LogP contribution is -2.38. The first-order valence-electron chi connectivity index (χ1n) is 6.44. The number of hydrogen-bond donors (Lipinski definition) is 0. The Morgan fingerprint density at radius 2 is 2.11 bits per heavy atom. The molecule has 18 heavy (non-hydrogen) atoms. The third-order valence-corrected chi connectivity index (χ3v) is 3.62. The maximum atomic E-state index is 11.8. The second kappa shape index (κ2) is 4.61. The van der Waals surface area contributed by atoms with Crippen molar-refractivity contribution in [1.82, 2.24) is 4.90 Å². The quantitative estimate of drug-likeness (QED) is 0.821. The minimum atomic E-state index is -0.231. The predicted molar refractivity (Wildman–Crippen MR) is 66.1 cm³/mol. The van der Waals surface area contributed by atoms with E-state index in [0.29, 0.717) is 6.61 Å². The first-order chi connectivity index (χ1) is 8.79. The van der Waals surface area contributed by atoms with Crippen molar-refractivity contribution in [2.45, 2.75) is 38.1 Å². The minimum Gasteiger partial charge on any atom is -0.441 e. The number of ether oxygens (including phenoxy) is 2. The summed E-state index contributed by atoms with van der Waals surface area (Å²) in [7, 11) is 0. The molecule has 2 fully saturated rings. The van der Waals surface area contributed by atoms with Crippen LogP contribution >= 0.6 is 0 Å². The van der Waals surface area contributed by atoms with Crippen LogP contribution in [0, 0.1) is 0 Å². The van der Waals surface area contributed by atoms with E-state index in [9.17, 15) is 4.79 Å². The lowest BCUT2D eigenvalue weighted by molar-refractivity contribution is 0.00836. The van der Waals surface area contributed by atoms with E-state index in [2.05, 4.69) is 12.1 Å². The van der Waals surface area contributed by atoms with Crippen LogP contribution < -0.4 is 0 Å².